The summed E-state index contributed by atoms with van der Waals surface area (Å²) >= 11 is 0. The summed E-state index contributed by atoms with van der Waals surface area (Å²) in [6, 6.07) is 0. The van der Waals surface area contributed by atoms with E-state index in [-0.39, 0.29) is 6.23 Å². The molecule has 2 atom stereocenters. The van der Waals surface area contributed by atoms with E-state index in [0.29, 0.717) is 11.3 Å². The lowest BCUT2D eigenvalue weighted by Crippen LogP contribution is -2.20. The lowest BCUT2D eigenvalue weighted by Gasteiger charge is -2.21. The first kappa shape index (κ1) is 9.01. The summed E-state index contributed by atoms with van der Waals surface area (Å²) in [6.45, 7) is 7.73. The zero-order valence-electron chi connectivity index (χ0n) is 7.72. The highest BCUT2D eigenvalue weighted by Gasteiger charge is 2.25. The zero-order valence-corrected chi connectivity index (χ0v) is 7.72. The molecule has 1 saturated heterocycles. The molecule has 1 aliphatic rings. The molecule has 1 heterocycles. The standard InChI is InChI=1S/C9H19NO/c1-9(2,3)5-7-4-8(11)10-6-7/h7-8,10-11H,4-6H2,1-3H3. The fourth-order valence-corrected chi connectivity index (χ4v) is 1.81. The molecule has 0 aromatic carbocycles. The maximum absolute atomic E-state index is 9.19. The molecule has 2 unspecified atom stereocenters. The van der Waals surface area contributed by atoms with Gasteiger partial charge in [-0.15, -0.1) is 0 Å². The minimum absolute atomic E-state index is 0.248. The first-order valence-corrected chi connectivity index (χ1v) is 4.39. The van der Waals surface area contributed by atoms with Crippen LogP contribution in [0, 0.1) is 11.3 Å². The summed E-state index contributed by atoms with van der Waals surface area (Å²) in [5, 5.41) is 12.2. The van der Waals surface area contributed by atoms with Crippen molar-refractivity contribution in [3.63, 3.8) is 0 Å². The fraction of sp³-hybridized carbons (Fsp3) is 1.00. The molecule has 0 saturated carbocycles. The van der Waals surface area contributed by atoms with Crippen LogP contribution in [0.5, 0.6) is 0 Å². The quantitative estimate of drug-likeness (QED) is 0.602. The molecule has 0 bridgehead atoms. The van der Waals surface area contributed by atoms with Gasteiger partial charge < -0.3 is 5.11 Å². The molecule has 0 aromatic heterocycles. The number of aliphatic hydroxyl groups is 1. The van der Waals surface area contributed by atoms with Crippen molar-refractivity contribution in [2.24, 2.45) is 11.3 Å². The maximum Gasteiger partial charge on any atom is 0.105 e. The van der Waals surface area contributed by atoms with Crippen molar-refractivity contribution < 1.29 is 5.11 Å². The Hall–Kier alpha value is -0.0800. The summed E-state index contributed by atoms with van der Waals surface area (Å²) in [6.07, 6.45) is 1.89. The Bertz CT molecular complexity index is 128. The summed E-state index contributed by atoms with van der Waals surface area (Å²) in [7, 11) is 0. The number of hydrogen-bond donors (Lipinski definition) is 2. The molecule has 0 radical (unpaired) electrons. The van der Waals surface area contributed by atoms with Crippen molar-refractivity contribution in [2.45, 2.75) is 39.8 Å². The average Bonchev–Trinajstić information content (AvgIpc) is 2.10. The van der Waals surface area contributed by atoms with Gasteiger partial charge in [0.05, 0.1) is 0 Å². The molecule has 0 spiro atoms. The second-order valence-electron chi connectivity index (χ2n) is 4.79. The van der Waals surface area contributed by atoms with Crippen molar-refractivity contribution >= 4 is 0 Å². The van der Waals surface area contributed by atoms with Crippen LogP contribution < -0.4 is 5.32 Å². The fourth-order valence-electron chi connectivity index (χ4n) is 1.81. The molecule has 2 N–H and O–H groups in total. The number of rotatable bonds is 1. The van der Waals surface area contributed by atoms with E-state index in [1.165, 1.54) is 6.42 Å². The first-order valence-electron chi connectivity index (χ1n) is 4.39. The highest BCUT2D eigenvalue weighted by atomic mass is 16.3. The molecular weight excluding hydrogens is 138 g/mol. The van der Waals surface area contributed by atoms with E-state index >= 15 is 0 Å². The molecule has 1 rings (SSSR count). The predicted octanol–water partition coefficient (Wildman–Crippen LogP) is 1.35. The lowest BCUT2D eigenvalue weighted by molar-refractivity contribution is 0.152. The van der Waals surface area contributed by atoms with Crippen molar-refractivity contribution in [1.29, 1.82) is 0 Å². The first-order chi connectivity index (χ1) is 4.97. The summed E-state index contributed by atoms with van der Waals surface area (Å²) in [4.78, 5) is 0. The second kappa shape index (κ2) is 3.11. The van der Waals surface area contributed by atoms with E-state index in [9.17, 15) is 5.11 Å². The molecule has 0 amide bonds. The van der Waals surface area contributed by atoms with Crippen LogP contribution in [0.1, 0.15) is 33.6 Å². The van der Waals surface area contributed by atoms with Gasteiger partial charge in [-0.2, -0.15) is 0 Å². The number of hydrogen-bond acceptors (Lipinski definition) is 2. The van der Waals surface area contributed by atoms with Gasteiger partial charge in [-0.05, 0) is 24.2 Å². The van der Waals surface area contributed by atoms with Crippen LogP contribution in [0.25, 0.3) is 0 Å². The van der Waals surface area contributed by atoms with Crippen LogP contribution in [0.3, 0.4) is 0 Å². The third-order valence-corrected chi connectivity index (χ3v) is 2.10. The van der Waals surface area contributed by atoms with Gasteiger partial charge in [0.2, 0.25) is 0 Å². The van der Waals surface area contributed by atoms with Crippen molar-refractivity contribution in [1.82, 2.24) is 5.32 Å². The minimum atomic E-state index is -0.248. The molecule has 0 aliphatic carbocycles. The molecular formula is C9H19NO. The monoisotopic (exact) mass is 157 g/mol. The molecule has 1 aliphatic heterocycles. The Morgan fingerprint density at radius 3 is 2.45 bits per heavy atom. The Labute approximate surface area is 69.0 Å². The Balaban J connectivity index is 2.29. The van der Waals surface area contributed by atoms with E-state index < -0.39 is 0 Å². The minimum Gasteiger partial charge on any atom is -0.379 e. The normalized spacial score (nSPS) is 32.7. The van der Waals surface area contributed by atoms with Gasteiger partial charge in [0.1, 0.15) is 6.23 Å². The Morgan fingerprint density at radius 2 is 2.09 bits per heavy atom. The van der Waals surface area contributed by atoms with Gasteiger partial charge in [0.15, 0.2) is 0 Å². The van der Waals surface area contributed by atoms with E-state index in [4.69, 9.17) is 0 Å². The smallest absolute Gasteiger partial charge is 0.105 e. The Morgan fingerprint density at radius 1 is 1.45 bits per heavy atom. The average molecular weight is 157 g/mol. The van der Waals surface area contributed by atoms with Crippen molar-refractivity contribution in [2.75, 3.05) is 6.54 Å². The highest BCUT2D eigenvalue weighted by Crippen LogP contribution is 2.28. The van der Waals surface area contributed by atoms with E-state index in [2.05, 4.69) is 26.1 Å². The van der Waals surface area contributed by atoms with Gasteiger partial charge in [0, 0.05) is 6.54 Å². The maximum atomic E-state index is 9.19. The van der Waals surface area contributed by atoms with Gasteiger partial charge >= 0.3 is 0 Å². The van der Waals surface area contributed by atoms with Crippen LogP contribution in [0.15, 0.2) is 0 Å². The van der Waals surface area contributed by atoms with Crippen LogP contribution in [-0.4, -0.2) is 17.9 Å². The Kier molecular flexibility index (Phi) is 2.55. The molecule has 2 nitrogen and oxygen atoms in total. The SMILES string of the molecule is CC(C)(C)CC1CNC(O)C1. The largest absolute Gasteiger partial charge is 0.379 e. The third-order valence-electron chi connectivity index (χ3n) is 2.10. The summed E-state index contributed by atoms with van der Waals surface area (Å²) in [5.74, 6) is 0.671. The lowest BCUT2D eigenvalue weighted by atomic mass is 9.84. The molecule has 0 aromatic rings. The van der Waals surface area contributed by atoms with E-state index in [1.54, 1.807) is 0 Å². The molecule has 1 fully saturated rings. The number of nitrogens with one attached hydrogen (secondary N) is 1. The van der Waals surface area contributed by atoms with Crippen molar-refractivity contribution in [3.8, 4) is 0 Å². The molecule has 2 heteroatoms. The highest BCUT2D eigenvalue weighted by molar-refractivity contribution is 4.78. The van der Waals surface area contributed by atoms with Crippen LogP contribution in [-0.2, 0) is 0 Å². The topological polar surface area (TPSA) is 32.3 Å². The van der Waals surface area contributed by atoms with Crippen LogP contribution in [0.2, 0.25) is 0 Å². The predicted molar refractivity (Wildman–Crippen MR) is 46.2 cm³/mol. The van der Waals surface area contributed by atoms with E-state index in [0.717, 1.165) is 13.0 Å². The number of aliphatic hydroxyl groups excluding tert-OH is 1. The summed E-state index contributed by atoms with van der Waals surface area (Å²) in [5.41, 5.74) is 0.399. The van der Waals surface area contributed by atoms with Crippen molar-refractivity contribution in [3.05, 3.63) is 0 Å². The van der Waals surface area contributed by atoms with Gasteiger partial charge in [-0.25, -0.2) is 0 Å². The second-order valence-corrected chi connectivity index (χ2v) is 4.79. The third kappa shape index (κ3) is 3.21. The van der Waals surface area contributed by atoms with Gasteiger partial charge in [0.25, 0.3) is 0 Å². The van der Waals surface area contributed by atoms with Gasteiger partial charge in [-0.1, -0.05) is 20.8 Å². The van der Waals surface area contributed by atoms with Crippen LogP contribution in [0.4, 0.5) is 0 Å². The molecule has 11 heavy (non-hydrogen) atoms. The van der Waals surface area contributed by atoms with Crippen LogP contribution >= 0.6 is 0 Å². The van der Waals surface area contributed by atoms with Gasteiger partial charge in [-0.3, -0.25) is 5.32 Å². The summed E-state index contributed by atoms with van der Waals surface area (Å²) < 4.78 is 0. The van der Waals surface area contributed by atoms with E-state index in [1.807, 2.05) is 0 Å². The zero-order chi connectivity index (χ0) is 8.48. The molecule has 66 valence electrons.